The van der Waals surface area contributed by atoms with Crippen molar-refractivity contribution in [1.29, 1.82) is 0 Å². The summed E-state index contributed by atoms with van der Waals surface area (Å²) in [5.74, 6) is 0.161. The molecule has 8 heteroatoms. The summed E-state index contributed by atoms with van der Waals surface area (Å²) >= 11 is 3.45. The summed E-state index contributed by atoms with van der Waals surface area (Å²) in [4.78, 5) is 12.2. The Balaban J connectivity index is 1.54. The van der Waals surface area contributed by atoms with Crippen LogP contribution < -0.4 is 10.2 Å². The molecule has 0 atom stereocenters. The zero-order valence-corrected chi connectivity index (χ0v) is 18.5. The molecule has 3 rings (SSSR count). The van der Waals surface area contributed by atoms with Gasteiger partial charge < -0.3 is 4.74 Å². The largest absolute Gasteiger partial charge is 0.489 e. The number of ether oxygens (including phenoxy) is 1. The van der Waals surface area contributed by atoms with Crippen molar-refractivity contribution in [3.05, 3.63) is 81.3 Å². The van der Waals surface area contributed by atoms with Crippen molar-refractivity contribution in [2.24, 2.45) is 5.10 Å². The molecule has 0 saturated carbocycles. The number of carbonyl (C=O) groups is 1. The molecule has 0 unspecified atom stereocenters. The van der Waals surface area contributed by atoms with Gasteiger partial charge in [0.25, 0.3) is 5.91 Å². The molecule has 1 heterocycles. The summed E-state index contributed by atoms with van der Waals surface area (Å²) in [6, 6.07) is 13.6. The highest BCUT2D eigenvalue weighted by molar-refractivity contribution is 9.10. The maximum atomic E-state index is 12.9. The highest BCUT2D eigenvalue weighted by atomic mass is 79.9. The summed E-state index contributed by atoms with van der Waals surface area (Å²) in [7, 11) is 0. The van der Waals surface area contributed by atoms with E-state index in [1.165, 1.54) is 12.1 Å². The Kier molecular flexibility index (Phi) is 6.99. The third-order valence-corrected chi connectivity index (χ3v) is 5.67. The van der Waals surface area contributed by atoms with E-state index < -0.39 is 0 Å². The number of hydrogen-bond donors (Lipinski definition) is 1. The molecular formula is C22H22BrFN4O2. The van der Waals surface area contributed by atoms with Crippen molar-refractivity contribution in [2.75, 3.05) is 0 Å². The van der Waals surface area contributed by atoms with Crippen molar-refractivity contribution in [3.63, 3.8) is 0 Å². The Hall–Kier alpha value is -3.00. The van der Waals surface area contributed by atoms with Crippen LogP contribution in [0.25, 0.3) is 0 Å². The number of carbonyl (C=O) groups excluding carboxylic acids is 1. The second-order valence-electron chi connectivity index (χ2n) is 6.81. The summed E-state index contributed by atoms with van der Waals surface area (Å²) in [5.41, 5.74) is 6.70. The molecule has 30 heavy (non-hydrogen) atoms. The fraction of sp³-hybridized carbons (Fsp3) is 0.227. The average Bonchev–Trinajstić information content (AvgIpc) is 2.98. The van der Waals surface area contributed by atoms with Crippen LogP contribution in [0.2, 0.25) is 0 Å². The topological polar surface area (TPSA) is 68.5 Å². The van der Waals surface area contributed by atoms with Crippen LogP contribution >= 0.6 is 15.9 Å². The van der Waals surface area contributed by atoms with Gasteiger partial charge in [0.05, 0.1) is 21.6 Å². The fourth-order valence-electron chi connectivity index (χ4n) is 2.75. The lowest BCUT2D eigenvalue weighted by Crippen LogP contribution is -2.25. The second kappa shape index (κ2) is 9.67. The van der Waals surface area contributed by atoms with Crippen LogP contribution in [0.5, 0.6) is 5.75 Å². The van der Waals surface area contributed by atoms with E-state index in [9.17, 15) is 9.18 Å². The van der Waals surface area contributed by atoms with Gasteiger partial charge in [-0.05, 0) is 84.2 Å². The molecule has 0 fully saturated rings. The first kappa shape index (κ1) is 21.7. The monoisotopic (exact) mass is 472 g/mol. The molecule has 0 bridgehead atoms. The first-order chi connectivity index (χ1) is 14.3. The number of rotatable bonds is 7. The zero-order chi connectivity index (χ0) is 21.7. The van der Waals surface area contributed by atoms with E-state index >= 15 is 0 Å². The summed E-state index contributed by atoms with van der Waals surface area (Å²) < 4.78 is 21.2. The first-order valence-corrected chi connectivity index (χ1v) is 10.1. The lowest BCUT2D eigenvalue weighted by Gasteiger charge is -2.08. The number of hydrogen-bond acceptors (Lipinski definition) is 4. The van der Waals surface area contributed by atoms with E-state index in [2.05, 4.69) is 31.6 Å². The number of hydrazone groups is 1. The van der Waals surface area contributed by atoms with Gasteiger partial charge >= 0.3 is 0 Å². The smallest absolute Gasteiger partial charge is 0.261 e. The van der Waals surface area contributed by atoms with Gasteiger partial charge in [0.15, 0.2) is 0 Å². The molecule has 0 aliphatic heterocycles. The average molecular weight is 473 g/mol. The zero-order valence-electron chi connectivity index (χ0n) is 16.9. The van der Waals surface area contributed by atoms with Crippen molar-refractivity contribution in [2.45, 2.75) is 33.9 Å². The van der Waals surface area contributed by atoms with Crippen LogP contribution in [0.3, 0.4) is 0 Å². The number of aryl methyl sites for hydroxylation is 1. The quantitative estimate of drug-likeness (QED) is 0.405. The molecule has 0 spiro atoms. The number of aromatic nitrogens is 2. The van der Waals surface area contributed by atoms with Gasteiger partial charge in [-0.3, -0.25) is 9.48 Å². The Labute approximate surface area is 182 Å². The van der Waals surface area contributed by atoms with Gasteiger partial charge in [-0.15, -0.1) is 0 Å². The minimum absolute atomic E-state index is 0.0885. The van der Waals surface area contributed by atoms with Crippen molar-refractivity contribution in [1.82, 2.24) is 15.2 Å². The predicted octanol–water partition coefficient (Wildman–Crippen LogP) is 4.52. The summed E-state index contributed by atoms with van der Waals surface area (Å²) in [6.45, 7) is 6.03. The van der Waals surface area contributed by atoms with Crippen LogP contribution in [-0.2, 0) is 17.9 Å². The number of nitrogens with one attached hydrogen (secondary N) is 1. The molecule has 0 aliphatic rings. The Morgan fingerprint density at radius 2 is 1.83 bits per heavy atom. The lowest BCUT2D eigenvalue weighted by molar-refractivity contribution is -0.121. The highest BCUT2D eigenvalue weighted by Crippen LogP contribution is 2.19. The molecule has 6 nitrogen and oxygen atoms in total. The normalized spacial score (nSPS) is 11.4. The van der Waals surface area contributed by atoms with Gasteiger partial charge in [0, 0.05) is 0 Å². The standard InChI is InChI=1S/C22H22BrFN4O2/c1-14(25-26-21(29)12-28-16(3)22(23)15(2)27-28)18-6-10-20(11-7-18)30-13-17-4-8-19(24)9-5-17/h4-11H,12-13H2,1-3H3,(H,26,29). The Bertz CT molecular complexity index is 1060. The van der Waals surface area contributed by atoms with Crippen LogP contribution in [0, 0.1) is 19.7 Å². The molecule has 156 valence electrons. The van der Waals surface area contributed by atoms with E-state index in [0.29, 0.717) is 18.1 Å². The van der Waals surface area contributed by atoms with Crippen LogP contribution in [-0.4, -0.2) is 21.4 Å². The SMILES string of the molecule is CC(=NNC(=O)Cn1nc(C)c(Br)c1C)c1ccc(OCc2ccc(F)cc2)cc1. The molecule has 3 aromatic rings. The minimum atomic E-state index is -0.271. The van der Waals surface area contributed by atoms with Crippen LogP contribution in [0.4, 0.5) is 4.39 Å². The van der Waals surface area contributed by atoms with Crippen molar-refractivity contribution >= 4 is 27.5 Å². The minimum Gasteiger partial charge on any atom is -0.489 e. The molecule has 1 aromatic heterocycles. The van der Waals surface area contributed by atoms with E-state index in [4.69, 9.17) is 4.74 Å². The maximum Gasteiger partial charge on any atom is 0.261 e. The molecule has 1 amide bonds. The molecular weight excluding hydrogens is 451 g/mol. The predicted molar refractivity (Wildman–Crippen MR) is 117 cm³/mol. The number of benzene rings is 2. The number of halogens is 2. The fourth-order valence-corrected chi connectivity index (χ4v) is 3.03. The molecule has 1 N–H and O–H groups in total. The van der Waals surface area contributed by atoms with E-state index in [-0.39, 0.29) is 18.3 Å². The van der Waals surface area contributed by atoms with Crippen LogP contribution in [0.1, 0.15) is 29.4 Å². The third kappa shape index (κ3) is 5.54. The van der Waals surface area contributed by atoms with Crippen molar-refractivity contribution in [3.8, 4) is 5.75 Å². The Morgan fingerprint density at radius 3 is 2.43 bits per heavy atom. The van der Waals surface area contributed by atoms with Gasteiger partial charge in [-0.1, -0.05) is 12.1 Å². The van der Waals surface area contributed by atoms with E-state index in [1.54, 1.807) is 16.8 Å². The molecule has 2 aromatic carbocycles. The third-order valence-electron chi connectivity index (χ3n) is 4.53. The number of amides is 1. The first-order valence-electron chi connectivity index (χ1n) is 9.34. The van der Waals surface area contributed by atoms with Gasteiger partial charge in [-0.2, -0.15) is 10.2 Å². The van der Waals surface area contributed by atoms with Gasteiger partial charge in [-0.25, -0.2) is 9.82 Å². The summed E-state index contributed by atoms with van der Waals surface area (Å²) in [6.07, 6.45) is 0. The molecule has 0 saturated heterocycles. The van der Waals surface area contributed by atoms with E-state index in [1.807, 2.05) is 45.0 Å². The summed E-state index contributed by atoms with van der Waals surface area (Å²) in [5, 5.41) is 8.49. The molecule has 0 radical (unpaired) electrons. The number of nitrogens with zero attached hydrogens (tertiary/aromatic N) is 3. The Morgan fingerprint density at radius 1 is 1.17 bits per heavy atom. The second-order valence-corrected chi connectivity index (χ2v) is 7.61. The molecule has 0 aliphatic carbocycles. The van der Waals surface area contributed by atoms with Crippen LogP contribution in [0.15, 0.2) is 58.1 Å². The van der Waals surface area contributed by atoms with Gasteiger partial charge in [0.2, 0.25) is 0 Å². The van der Waals surface area contributed by atoms with Gasteiger partial charge in [0.1, 0.15) is 24.7 Å². The lowest BCUT2D eigenvalue weighted by atomic mass is 10.1. The highest BCUT2D eigenvalue weighted by Gasteiger charge is 2.11. The van der Waals surface area contributed by atoms with Crippen molar-refractivity contribution < 1.29 is 13.9 Å². The van der Waals surface area contributed by atoms with E-state index in [0.717, 1.165) is 27.0 Å². The maximum absolute atomic E-state index is 12.9.